The van der Waals surface area contributed by atoms with Crippen molar-refractivity contribution in [1.82, 2.24) is 25.0 Å². The van der Waals surface area contributed by atoms with Gasteiger partial charge >= 0.3 is 0 Å². The first kappa shape index (κ1) is 17.0. The molecule has 124 valence electrons. The van der Waals surface area contributed by atoms with Gasteiger partial charge in [-0.25, -0.2) is 4.21 Å². The van der Waals surface area contributed by atoms with Crippen LogP contribution in [0.4, 0.5) is 0 Å². The molecule has 22 heavy (non-hydrogen) atoms. The smallest absolute Gasteiger partial charge is 0.222 e. The van der Waals surface area contributed by atoms with Crippen LogP contribution < -0.4 is 20.1 Å². The molecular formula is C13H23N5O2S2. The first-order chi connectivity index (χ1) is 10.6. The van der Waals surface area contributed by atoms with E-state index in [0.29, 0.717) is 0 Å². The zero-order valence-electron chi connectivity index (χ0n) is 13.1. The van der Waals surface area contributed by atoms with Crippen LogP contribution in [-0.2, 0) is 23.5 Å². The van der Waals surface area contributed by atoms with Gasteiger partial charge in [0.15, 0.2) is 11.6 Å². The molecule has 1 unspecified atom stereocenters. The third-order valence-corrected chi connectivity index (χ3v) is 4.63. The summed E-state index contributed by atoms with van der Waals surface area (Å²) in [5.41, 5.74) is 0. The van der Waals surface area contributed by atoms with Crippen molar-refractivity contribution in [2.24, 2.45) is 0 Å². The van der Waals surface area contributed by atoms with Crippen LogP contribution in [-0.4, -0.2) is 42.5 Å². The minimum absolute atomic E-state index is 0.725. The molecule has 2 rings (SSSR count). The van der Waals surface area contributed by atoms with Crippen LogP contribution in [0.5, 0.6) is 0 Å². The first-order valence-electron chi connectivity index (χ1n) is 6.99. The van der Waals surface area contributed by atoms with Crippen LogP contribution >= 0.6 is 11.8 Å². The molecule has 0 spiro atoms. The van der Waals surface area contributed by atoms with Crippen molar-refractivity contribution in [2.75, 3.05) is 33.4 Å². The fourth-order valence-corrected chi connectivity index (χ4v) is 3.48. The Morgan fingerprint density at radius 3 is 2.73 bits per heavy atom. The summed E-state index contributed by atoms with van der Waals surface area (Å²) in [6, 6.07) is 4.06. The number of rotatable bonds is 9. The Balaban J connectivity index is 1.65. The fourth-order valence-electron chi connectivity index (χ4n) is 1.93. The van der Waals surface area contributed by atoms with Gasteiger partial charge in [0.2, 0.25) is 11.2 Å². The number of nitrogens with one attached hydrogen (secondary N) is 4. The summed E-state index contributed by atoms with van der Waals surface area (Å²) in [6.07, 6.45) is 0. The second-order valence-electron chi connectivity index (χ2n) is 5.06. The molecule has 0 aliphatic carbocycles. The van der Waals surface area contributed by atoms with E-state index in [1.165, 1.54) is 0 Å². The summed E-state index contributed by atoms with van der Waals surface area (Å²) in [4.78, 5) is 2.08. The minimum Gasteiger partial charge on any atom is -0.464 e. The molecule has 1 aliphatic rings. The average Bonchev–Trinajstić information content (AvgIpc) is 3.04. The monoisotopic (exact) mass is 345 g/mol. The van der Waals surface area contributed by atoms with E-state index in [0.717, 1.165) is 47.8 Å². The zero-order valence-corrected chi connectivity index (χ0v) is 14.7. The van der Waals surface area contributed by atoms with Crippen molar-refractivity contribution in [3.8, 4) is 0 Å². The first-order valence-corrected chi connectivity index (χ1v) is 9.30. The Kier molecular flexibility index (Phi) is 6.47. The third kappa shape index (κ3) is 5.15. The lowest BCUT2D eigenvalue weighted by Crippen LogP contribution is -2.27. The molecule has 0 aromatic carbocycles. The van der Waals surface area contributed by atoms with E-state index in [-0.39, 0.29) is 0 Å². The van der Waals surface area contributed by atoms with Crippen LogP contribution in [0.15, 0.2) is 28.2 Å². The molecule has 4 N–H and O–H groups in total. The highest BCUT2D eigenvalue weighted by atomic mass is 32.2. The number of nitrogens with zero attached hydrogens (tertiary/aromatic N) is 1. The Bertz CT molecular complexity index is 544. The molecule has 1 aromatic heterocycles. The van der Waals surface area contributed by atoms with Gasteiger partial charge in [-0.1, -0.05) is 0 Å². The van der Waals surface area contributed by atoms with Crippen molar-refractivity contribution in [1.29, 1.82) is 0 Å². The maximum atomic E-state index is 11.3. The van der Waals surface area contributed by atoms with Gasteiger partial charge in [-0.2, -0.15) is 11.8 Å². The van der Waals surface area contributed by atoms with Gasteiger partial charge in [0.05, 0.1) is 12.3 Å². The number of thioether (sulfide) groups is 1. The van der Waals surface area contributed by atoms with E-state index >= 15 is 0 Å². The molecule has 0 amide bonds. The summed E-state index contributed by atoms with van der Waals surface area (Å²) < 4.78 is 22.7. The van der Waals surface area contributed by atoms with Gasteiger partial charge in [-0.05, 0) is 26.2 Å². The van der Waals surface area contributed by atoms with Gasteiger partial charge in [0, 0.05) is 19.3 Å². The molecular weight excluding hydrogens is 322 g/mol. The summed E-state index contributed by atoms with van der Waals surface area (Å²) in [6.45, 7) is 1.60. The Hall–Kier alpha value is -1.32. The maximum absolute atomic E-state index is 11.3. The van der Waals surface area contributed by atoms with E-state index in [1.807, 2.05) is 26.2 Å². The average molecular weight is 345 g/mol. The zero-order chi connectivity index (χ0) is 15.9. The van der Waals surface area contributed by atoms with Crippen LogP contribution in [0, 0.1) is 0 Å². The second kappa shape index (κ2) is 8.35. The Morgan fingerprint density at radius 1 is 1.27 bits per heavy atom. The lowest BCUT2D eigenvalue weighted by atomic mass is 10.4. The molecule has 0 bridgehead atoms. The van der Waals surface area contributed by atoms with E-state index in [1.54, 1.807) is 18.8 Å². The molecule has 0 radical (unpaired) electrons. The Morgan fingerprint density at radius 2 is 2.00 bits per heavy atom. The number of hydrogen-bond donors (Lipinski definition) is 4. The quantitative estimate of drug-likeness (QED) is 0.482. The van der Waals surface area contributed by atoms with Crippen LogP contribution in [0.3, 0.4) is 0 Å². The lowest BCUT2D eigenvalue weighted by Gasteiger charge is -2.08. The SMILES string of the molecule is CNC1=C(NCCSCc2ccc(CN(C)C)o2)NS(=O)N1. The molecule has 2 heterocycles. The van der Waals surface area contributed by atoms with E-state index < -0.39 is 11.2 Å². The van der Waals surface area contributed by atoms with Crippen molar-refractivity contribution in [2.45, 2.75) is 12.3 Å². The molecule has 0 saturated heterocycles. The minimum atomic E-state index is -1.25. The topological polar surface area (TPSA) is 81.6 Å². The summed E-state index contributed by atoms with van der Waals surface area (Å²) >= 11 is 0.548. The van der Waals surface area contributed by atoms with Crippen LogP contribution in [0.1, 0.15) is 11.5 Å². The molecule has 9 heteroatoms. The molecule has 0 saturated carbocycles. The van der Waals surface area contributed by atoms with Gasteiger partial charge in [-0.3, -0.25) is 9.44 Å². The van der Waals surface area contributed by atoms with Gasteiger partial charge in [-0.15, -0.1) is 0 Å². The van der Waals surface area contributed by atoms with Gasteiger partial charge in [0.1, 0.15) is 11.5 Å². The highest BCUT2D eigenvalue weighted by Crippen LogP contribution is 2.16. The fraction of sp³-hybridized carbons (Fsp3) is 0.538. The normalized spacial score (nSPS) is 17.5. The maximum Gasteiger partial charge on any atom is 0.222 e. The van der Waals surface area contributed by atoms with Crippen molar-refractivity contribution < 1.29 is 8.63 Å². The number of hydrogen-bond acceptors (Lipinski definition) is 6. The van der Waals surface area contributed by atoms with Crippen LogP contribution in [0.2, 0.25) is 0 Å². The Labute approximate surface area is 138 Å². The van der Waals surface area contributed by atoms with Gasteiger partial charge < -0.3 is 20.0 Å². The largest absolute Gasteiger partial charge is 0.464 e. The van der Waals surface area contributed by atoms with Crippen molar-refractivity contribution in [3.05, 3.63) is 35.3 Å². The van der Waals surface area contributed by atoms with Crippen LogP contribution in [0.25, 0.3) is 0 Å². The standard InChI is InChI=1S/C13H23N5O2S2/c1-14-12-13(17-22(19)16-12)15-6-7-21-9-11-5-4-10(20-11)8-18(2)3/h4-5,14-17H,6-9H2,1-3H3. The second-order valence-corrected chi connectivity index (χ2v) is 7.11. The third-order valence-electron chi connectivity index (χ3n) is 2.87. The summed E-state index contributed by atoms with van der Waals surface area (Å²) in [5, 5.41) is 6.18. The summed E-state index contributed by atoms with van der Waals surface area (Å²) in [7, 11) is 5.83. The highest BCUT2D eigenvalue weighted by molar-refractivity contribution is 7.98. The van der Waals surface area contributed by atoms with E-state index in [4.69, 9.17) is 4.42 Å². The van der Waals surface area contributed by atoms with Gasteiger partial charge in [0.25, 0.3) is 0 Å². The van der Waals surface area contributed by atoms with Crippen molar-refractivity contribution in [3.63, 3.8) is 0 Å². The van der Waals surface area contributed by atoms with E-state index in [2.05, 4.69) is 25.0 Å². The van der Waals surface area contributed by atoms with Crippen molar-refractivity contribution >= 4 is 22.9 Å². The molecule has 1 atom stereocenters. The molecule has 1 aromatic rings. The number of furan rings is 1. The predicted octanol–water partition coefficient (Wildman–Crippen LogP) is 0.282. The summed E-state index contributed by atoms with van der Waals surface area (Å²) in [5.74, 6) is 5.24. The lowest BCUT2D eigenvalue weighted by molar-refractivity contribution is 0.344. The highest BCUT2D eigenvalue weighted by Gasteiger charge is 2.17. The molecule has 7 nitrogen and oxygen atoms in total. The molecule has 0 fully saturated rings. The molecule has 1 aliphatic heterocycles. The predicted molar refractivity (Wildman–Crippen MR) is 90.8 cm³/mol. The van der Waals surface area contributed by atoms with E-state index in [9.17, 15) is 4.21 Å².